The van der Waals surface area contributed by atoms with Crippen molar-refractivity contribution in [1.82, 2.24) is 0 Å². The van der Waals surface area contributed by atoms with Crippen LogP contribution >= 0.6 is 23.1 Å². The first-order valence-corrected chi connectivity index (χ1v) is 9.25. The average molecular weight is 299 g/mol. The van der Waals surface area contributed by atoms with Crippen molar-refractivity contribution in [2.45, 2.75) is 17.5 Å². The predicted molar refractivity (Wildman–Crippen MR) is 72.8 cm³/mol. The summed E-state index contributed by atoms with van der Waals surface area (Å²) in [6.45, 7) is 0. The van der Waals surface area contributed by atoms with Crippen molar-refractivity contribution in [2.24, 2.45) is 0 Å². The van der Waals surface area contributed by atoms with Crippen LogP contribution in [0.15, 0.2) is 23.6 Å². The first-order chi connectivity index (χ1) is 7.45. The van der Waals surface area contributed by atoms with Crippen LogP contribution < -0.4 is 4.46 Å². The summed E-state index contributed by atoms with van der Waals surface area (Å²) in [5.41, 5.74) is 1.64. The van der Waals surface area contributed by atoms with Gasteiger partial charge in [0.15, 0.2) is 0 Å². The fourth-order valence-electron chi connectivity index (χ4n) is 1.89. The summed E-state index contributed by atoms with van der Waals surface area (Å²) < 4.78 is 3.12. The summed E-state index contributed by atoms with van der Waals surface area (Å²) in [5.74, 6) is 2.58. The summed E-state index contributed by atoms with van der Waals surface area (Å²) in [6.07, 6.45) is 1.41. The van der Waals surface area contributed by atoms with Crippen LogP contribution in [-0.4, -0.2) is 20.7 Å². The second-order valence-corrected chi connectivity index (χ2v) is 8.07. The molecule has 0 bridgehead atoms. The number of thiophene rings is 1. The zero-order valence-electron chi connectivity index (χ0n) is 8.36. The molecule has 0 N–H and O–H groups in total. The van der Waals surface area contributed by atoms with Crippen LogP contribution in [0.4, 0.5) is 0 Å². The molecular weight excluding hydrogens is 287 g/mol. The zero-order chi connectivity index (χ0) is 10.1. The van der Waals surface area contributed by atoms with Crippen LogP contribution in [-0.2, 0) is 5.75 Å². The molecule has 78 valence electrons. The van der Waals surface area contributed by atoms with Gasteiger partial charge in [0.1, 0.15) is 0 Å². The van der Waals surface area contributed by atoms with Gasteiger partial charge in [-0.1, -0.05) is 0 Å². The first-order valence-electron chi connectivity index (χ1n) is 5.15. The molecule has 2 aromatic rings. The first kappa shape index (κ1) is 10.2. The fourth-order valence-corrected chi connectivity index (χ4v) is 6.49. The Kier molecular flexibility index (Phi) is 3.07. The van der Waals surface area contributed by atoms with Crippen molar-refractivity contribution in [1.29, 1.82) is 0 Å². The van der Waals surface area contributed by atoms with Crippen molar-refractivity contribution < 1.29 is 0 Å². The number of thioether (sulfide) groups is 1. The molecule has 0 amide bonds. The Labute approximate surface area is 105 Å². The molecule has 0 aliphatic carbocycles. The van der Waals surface area contributed by atoms with E-state index in [0.717, 1.165) is 0 Å². The number of hydrogen-bond acceptors (Lipinski definition) is 2. The van der Waals surface area contributed by atoms with E-state index in [1.54, 1.807) is 10.0 Å². The third kappa shape index (κ3) is 1.99. The van der Waals surface area contributed by atoms with Crippen molar-refractivity contribution in [3.8, 4) is 0 Å². The Morgan fingerprint density at radius 2 is 2.20 bits per heavy atom. The van der Waals surface area contributed by atoms with Crippen molar-refractivity contribution in [3.05, 3.63) is 29.1 Å². The molecule has 1 aromatic carbocycles. The second-order valence-electron chi connectivity index (χ2n) is 3.63. The fraction of sp³-hybridized carbons (Fsp3) is 0.333. The van der Waals surface area contributed by atoms with Gasteiger partial charge >= 0.3 is 105 Å². The monoisotopic (exact) mass is 300 g/mol. The predicted octanol–water partition coefficient (Wildman–Crippen LogP) is 3.29. The molecule has 0 saturated carbocycles. The van der Waals surface area contributed by atoms with E-state index in [4.69, 9.17) is 0 Å². The van der Waals surface area contributed by atoms with Gasteiger partial charge in [-0.25, -0.2) is 0 Å². The van der Waals surface area contributed by atoms with Crippen LogP contribution in [0.2, 0.25) is 5.32 Å². The van der Waals surface area contributed by atoms with Crippen LogP contribution in [0.3, 0.4) is 0 Å². The number of benzene rings is 1. The molecule has 3 heteroatoms. The summed E-state index contributed by atoms with van der Waals surface area (Å²) >= 11 is 4.69. The molecule has 1 aromatic heterocycles. The third-order valence-electron chi connectivity index (χ3n) is 2.64. The number of rotatable bonds is 0. The van der Waals surface area contributed by atoms with Gasteiger partial charge in [0, 0.05) is 0 Å². The molecular formula is C12H12S2Se. The Balaban J connectivity index is 2.16. The molecule has 0 fully saturated rings. The summed E-state index contributed by atoms with van der Waals surface area (Å²) in [5, 5.41) is 5.16. The van der Waals surface area contributed by atoms with E-state index < -0.39 is 0 Å². The van der Waals surface area contributed by atoms with Gasteiger partial charge in [-0.3, -0.25) is 0 Å². The van der Waals surface area contributed by atoms with E-state index in [-0.39, 0.29) is 0 Å². The van der Waals surface area contributed by atoms with Crippen LogP contribution in [0.25, 0.3) is 10.1 Å². The van der Waals surface area contributed by atoms with E-state index in [9.17, 15) is 0 Å². The van der Waals surface area contributed by atoms with Gasteiger partial charge in [0.2, 0.25) is 0 Å². The maximum atomic E-state index is 2.38. The average Bonchev–Trinajstić information content (AvgIpc) is 2.65. The molecule has 0 spiro atoms. The summed E-state index contributed by atoms with van der Waals surface area (Å²) in [7, 11) is 0. The Morgan fingerprint density at radius 1 is 1.20 bits per heavy atom. The van der Waals surface area contributed by atoms with Crippen molar-refractivity contribution in [3.63, 3.8) is 0 Å². The normalized spacial score (nSPS) is 17.1. The Bertz CT molecular complexity index is 475. The quantitative estimate of drug-likeness (QED) is 0.673. The number of hydrogen-bond donors (Lipinski definition) is 0. The Morgan fingerprint density at radius 3 is 3.20 bits per heavy atom. The van der Waals surface area contributed by atoms with Gasteiger partial charge in [-0.15, -0.1) is 0 Å². The minimum atomic E-state index is 0.715. The zero-order valence-corrected chi connectivity index (χ0v) is 11.7. The van der Waals surface area contributed by atoms with Crippen LogP contribution in [0, 0.1) is 0 Å². The van der Waals surface area contributed by atoms with Gasteiger partial charge in [0.05, 0.1) is 0 Å². The summed E-state index contributed by atoms with van der Waals surface area (Å²) in [4.78, 5) is 0. The summed E-state index contributed by atoms with van der Waals surface area (Å²) in [6, 6.07) is 6.99. The molecule has 0 saturated heterocycles. The molecule has 2 heterocycles. The molecule has 1 aliphatic heterocycles. The SMILES string of the molecule is c1cc2c3c(ccc2s1)[Se]CCCSC3. The topological polar surface area (TPSA) is 0 Å². The second kappa shape index (κ2) is 4.50. The molecule has 1 aliphatic rings. The molecule has 3 rings (SSSR count). The van der Waals surface area contributed by atoms with Gasteiger partial charge < -0.3 is 0 Å². The van der Waals surface area contributed by atoms with E-state index in [0.29, 0.717) is 15.0 Å². The third-order valence-corrected chi connectivity index (χ3v) is 7.08. The minimum absolute atomic E-state index is 0.715. The van der Waals surface area contributed by atoms with Crippen molar-refractivity contribution >= 4 is 52.6 Å². The maximum absolute atomic E-state index is 2.38. The van der Waals surface area contributed by atoms with Crippen LogP contribution in [0.5, 0.6) is 0 Å². The molecule has 0 radical (unpaired) electrons. The van der Waals surface area contributed by atoms with Crippen LogP contribution in [0.1, 0.15) is 12.0 Å². The molecule has 15 heavy (non-hydrogen) atoms. The molecule has 0 atom stereocenters. The van der Waals surface area contributed by atoms with E-state index in [2.05, 4.69) is 35.3 Å². The van der Waals surface area contributed by atoms with Crippen molar-refractivity contribution in [2.75, 3.05) is 5.75 Å². The van der Waals surface area contributed by atoms with E-state index >= 15 is 0 Å². The van der Waals surface area contributed by atoms with E-state index in [1.165, 1.54) is 33.3 Å². The van der Waals surface area contributed by atoms with Gasteiger partial charge in [0.25, 0.3) is 0 Å². The molecule has 0 unspecified atom stereocenters. The number of fused-ring (bicyclic) bond motifs is 3. The standard InChI is InChI=1S/C12H12S2Se/c1-5-13-8-10-9-4-6-14-11(9)2-3-12(10)15-7-1/h2-4,6H,1,5,7-8H2. The Hall–Kier alpha value is 0.0495. The van der Waals surface area contributed by atoms with Gasteiger partial charge in [-0.05, 0) is 0 Å². The van der Waals surface area contributed by atoms with E-state index in [1.807, 2.05) is 11.3 Å². The molecule has 0 nitrogen and oxygen atoms in total. The van der Waals surface area contributed by atoms with Gasteiger partial charge in [-0.2, -0.15) is 0 Å².